The number of para-hydroxylation sites is 1. The zero-order chi connectivity index (χ0) is 21.8. The summed E-state index contributed by atoms with van der Waals surface area (Å²) in [5, 5.41) is 9.81. The molecule has 2 heterocycles. The minimum atomic E-state index is -0.386. The summed E-state index contributed by atoms with van der Waals surface area (Å²) >= 11 is 0. The fraction of sp³-hybridized carbons (Fsp3) is 0.261. The largest absolute Gasteiger partial charge is 0.323 e. The van der Waals surface area contributed by atoms with Crippen molar-refractivity contribution in [3.63, 3.8) is 0 Å². The van der Waals surface area contributed by atoms with Gasteiger partial charge < -0.3 is 20.4 Å². The summed E-state index contributed by atoms with van der Waals surface area (Å²) in [5.41, 5.74) is 3.82. The zero-order valence-corrected chi connectivity index (χ0v) is 17.7. The van der Waals surface area contributed by atoms with Crippen molar-refractivity contribution in [2.45, 2.75) is 13.0 Å². The smallest absolute Gasteiger partial charge is 0.308 e. The highest BCUT2D eigenvalue weighted by Crippen LogP contribution is 2.29. The van der Waals surface area contributed by atoms with Crippen molar-refractivity contribution in [3.05, 3.63) is 72.1 Å². The second-order valence-electron chi connectivity index (χ2n) is 7.79. The molecule has 0 radical (unpaired) electrons. The number of hydrogen-bond donors (Lipinski definition) is 2. The second kappa shape index (κ2) is 9.01. The highest BCUT2D eigenvalue weighted by atomic mass is 16.2. The third-order valence-corrected chi connectivity index (χ3v) is 5.17. The van der Waals surface area contributed by atoms with Crippen LogP contribution in [0.3, 0.4) is 0 Å². The number of aromatic nitrogens is 2. The number of anilines is 3. The van der Waals surface area contributed by atoms with Crippen molar-refractivity contribution < 1.29 is 9.59 Å². The van der Waals surface area contributed by atoms with Crippen molar-refractivity contribution in [1.82, 2.24) is 14.7 Å². The fourth-order valence-electron chi connectivity index (χ4n) is 3.58. The molecule has 0 fully saturated rings. The fourth-order valence-corrected chi connectivity index (χ4v) is 3.58. The molecule has 0 spiro atoms. The lowest BCUT2D eigenvalue weighted by molar-refractivity contribution is 0.0989. The van der Waals surface area contributed by atoms with E-state index in [2.05, 4.69) is 20.6 Å². The monoisotopic (exact) mass is 418 g/mol. The standard InChI is InChI=1S/C23H26N6O2/c1-27(2)12-13-28-16-20(15-24-28)26-23(31)25-19-8-5-7-18(14-19)22(30)29-11-10-17-6-3-4-9-21(17)29/h3-9,14-16H,10-13H2,1-2H3,(H2,25,26,31). The molecule has 0 saturated heterocycles. The second-order valence-corrected chi connectivity index (χ2v) is 7.79. The van der Waals surface area contributed by atoms with Gasteiger partial charge in [0.05, 0.1) is 18.4 Å². The van der Waals surface area contributed by atoms with Crippen LogP contribution < -0.4 is 15.5 Å². The normalized spacial score (nSPS) is 12.7. The molecule has 8 nitrogen and oxygen atoms in total. The number of rotatable bonds is 6. The molecule has 4 rings (SSSR count). The molecule has 2 aromatic carbocycles. The molecule has 2 N–H and O–H groups in total. The van der Waals surface area contributed by atoms with Crippen LogP contribution in [-0.2, 0) is 13.0 Å². The lowest BCUT2D eigenvalue weighted by atomic mass is 10.1. The van der Waals surface area contributed by atoms with Crippen molar-refractivity contribution in [2.24, 2.45) is 0 Å². The maximum atomic E-state index is 13.0. The van der Waals surface area contributed by atoms with Gasteiger partial charge in [-0.25, -0.2) is 4.79 Å². The van der Waals surface area contributed by atoms with E-state index in [4.69, 9.17) is 0 Å². The Morgan fingerprint density at radius 2 is 1.87 bits per heavy atom. The Hall–Kier alpha value is -3.65. The van der Waals surface area contributed by atoms with Crippen LogP contribution in [0.5, 0.6) is 0 Å². The number of fused-ring (bicyclic) bond motifs is 1. The first-order valence-electron chi connectivity index (χ1n) is 10.2. The molecule has 0 aliphatic carbocycles. The minimum Gasteiger partial charge on any atom is -0.308 e. The number of nitrogens with zero attached hydrogens (tertiary/aromatic N) is 4. The summed E-state index contributed by atoms with van der Waals surface area (Å²) in [4.78, 5) is 29.3. The SMILES string of the molecule is CN(C)CCn1cc(NC(=O)Nc2cccc(C(=O)N3CCc4ccccc43)c2)cn1. The van der Waals surface area contributed by atoms with E-state index < -0.39 is 0 Å². The number of carbonyl (C=O) groups is 2. The van der Waals surface area contributed by atoms with E-state index in [-0.39, 0.29) is 11.9 Å². The van der Waals surface area contributed by atoms with E-state index in [1.165, 1.54) is 5.56 Å². The summed E-state index contributed by atoms with van der Waals surface area (Å²) in [5.74, 6) is -0.0730. The first-order valence-corrected chi connectivity index (χ1v) is 10.2. The van der Waals surface area contributed by atoms with E-state index in [0.29, 0.717) is 23.5 Å². The molecule has 160 valence electrons. The molecule has 8 heteroatoms. The van der Waals surface area contributed by atoms with Crippen LogP contribution in [0.2, 0.25) is 0 Å². The average Bonchev–Trinajstić information content (AvgIpc) is 3.38. The quantitative estimate of drug-likeness (QED) is 0.644. The highest BCUT2D eigenvalue weighted by Gasteiger charge is 2.25. The van der Waals surface area contributed by atoms with Crippen LogP contribution in [0.1, 0.15) is 15.9 Å². The van der Waals surface area contributed by atoms with Gasteiger partial charge in [0.25, 0.3) is 5.91 Å². The Kier molecular flexibility index (Phi) is 5.99. The summed E-state index contributed by atoms with van der Waals surface area (Å²) in [7, 11) is 3.99. The van der Waals surface area contributed by atoms with Crippen LogP contribution in [0.15, 0.2) is 60.9 Å². The van der Waals surface area contributed by atoms with Crippen molar-refractivity contribution in [3.8, 4) is 0 Å². The number of hydrogen-bond acceptors (Lipinski definition) is 4. The summed E-state index contributed by atoms with van der Waals surface area (Å²) in [6, 6.07) is 14.5. The van der Waals surface area contributed by atoms with Crippen LogP contribution >= 0.6 is 0 Å². The Bertz CT molecular complexity index is 1090. The molecule has 1 aliphatic heterocycles. The van der Waals surface area contributed by atoms with Gasteiger partial charge in [-0.2, -0.15) is 5.10 Å². The summed E-state index contributed by atoms with van der Waals surface area (Å²) < 4.78 is 1.78. The summed E-state index contributed by atoms with van der Waals surface area (Å²) in [6.07, 6.45) is 4.25. The van der Waals surface area contributed by atoms with Crippen LogP contribution in [0.25, 0.3) is 0 Å². The molecular weight excluding hydrogens is 392 g/mol. The van der Waals surface area contributed by atoms with Gasteiger partial charge >= 0.3 is 6.03 Å². The molecular formula is C23H26N6O2. The van der Waals surface area contributed by atoms with Crippen molar-refractivity contribution in [2.75, 3.05) is 42.7 Å². The Balaban J connectivity index is 1.39. The minimum absolute atomic E-state index is 0.0730. The van der Waals surface area contributed by atoms with Crippen LogP contribution in [0, 0.1) is 0 Å². The Morgan fingerprint density at radius 1 is 1.06 bits per heavy atom. The molecule has 0 atom stereocenters. The van der Waals surface area contributed by atoms with Crippen molar-refractivity contribution >= 4 is 29.0 Å². The van der Waals surface area contributed by atoms with Gasteiger partial charge in [-0.05, 0) is 50.3 Å². The summed E-state index contributed by atoms with van der Waals surface area (Å²) in [6.45, 7) is 2.25. The van der Waals surface area contributed by atoms with Gasteiger partial charge in [0.2, 0.25) is 0 Å². The highest BCUT2D eigenvalue weighted by molar-refractivity contribution is 6.08. The third kappa shape index (κ3) is 4.92. The van der Waals surface area contributed by atoms with E-state index in [1.54, 1.807) is 46.2 Å². The van der Waals surface area contributed by atoms with E-state index in [9.17, 15) is 9.59 Å². The van der Waals surface area contributed by atoms with Crippen LogP contribution in [-0.4, -0.2) is 53.8 Å². The molecule has 0 bridgehead atoms. The molecule has 0 unspecified atom stereocenters. The zero-order valence-electron chi connectivity index (χ0n) is 17.7. The molecule has 0 saturated carbocycles. The maximum Gasteiger partial charge on any atom is 0.323 e. The predicted octanol–water partition coefficient (Wildman–Crippen LogP) is 3.29. The number of amides is 3. The van der Waals surface area contributed by atoms with Gasteiger partial charge in [0.15, 0.2) is 0 Å². The van der Waals surface area contributed by atoms with E-state index >= 15 is 0 Å². The van der Waals surface area contributed by atoms with Gasteiger partial charge in [-0.3, -0.25) is 9.48 Å². The van der Waals surface area contributed by atoms with E-state index in [0.717, 1.165) is 25.2 Å². The van der Waals surface area contributed by atoms with Crippen LogP contribution in [0.4, 0.5) is 21.9 Å². The molecule has 3 aromatic rings. The van der Waals surface area contributed by atoms with Gasteiger partial charge in [0.1, 0.15) is 0 Å². The first kappa shape index (κ1) is 20.6. The number of benzene rings is 2. The third-order valence-electron chi connectivity index (χ3n) is 5.17. The van der Waals surface area contributed by atoms with E-state index in [1.807, 2.05) is 38.4 Å². The van der Waals surface area contributed by atoms with Gasteiger partial charge in [-0.1, -0.05) is 24.3 Å². The Morgan fingerprint density at radius 3 is 2.71 bits per heavy atom. The van der Waals surface area contributed by atoms with Gasteiger partial charge in [0, 0.05) is 36.2 Å². The lowest BCUT2D eigenvalue weighted by Crippen LogP contribution is -2.29. The van der Waals surface area contributed by atoms with Gasteiger partial charge in [-0.15, -0.1) is 0 Å². The molecule has 1 aromatic heterocycles. The lowest BCUT2D eigenvalue weighted by Gasteiger charge is -2.18. The number of nitrogens with one attached hydrogen (secondary N) is 2. The van der Waals surface area contributed by atoms with Crippen molar-refractivity contribution in [1.29, 1.82) is 0 Å². The average molecular weight is 419 g/mol. The number of carbonyl (C=O) groups excluding carboxylic acids is 2. The topological polar surface area (TPSA) is 82.5 Å². The number of likely N-dealkylation sites (N-methyl/N-ethyl adjacent to an activating group) is 1. The maximum absolute atomic E-state index is 13.0. The predicted molar refractivity (Wildman–Crippen MR) is 122 cm³/mol. The Labute approximate surface area is 181 Å². The number of urea groups is 1. The first-order chi connectivity index (χ1) is 15.0. The molecule has 31 heavy (non-hydrogen) atoms. The molecule has 1 aliphatic rings. The molecule has 3 amide bonds.